The smallest absolute Gasteiger partial charge is 0.263 e. The van der Waals surface area contributed by atoms with Crippen LogP contribution in [0.2, 0.25) is 0 Å². The Kier molecular flexibility index (Phi) is 4.81. The number of rotatable bonds is 4. The largest absolute Gasteiger partial charge is 0.324 e. The van der Waals surface area contributed by atoms with E-state index in [1.54, 1.807) is 31.2 Å². The van der Waals surface area contributed by atoms with Gasteiger partial charge in [0.1, 0.15) is 12.4 Å². The Hall–Kier alpha value is -3.62. The van der Waals surface area contributed by atoms with Gasteiger partial charge < -0.3 is 5.32 Å². The molecule has 0 saturated carbocycles. The maximum Gasteiger partial charge on any atom is 0.263 e. The number of carbonyl (C=O) groups excluding carboxylic acids is 3. The van der Waals surface area contributed by atoms with Gasteiger partial charge in [-0.15, -0.1) is 0 Å². The highest BCUT2D eigenvalue weighted by atomic mass is 19.1. The number of anilines is 2. The summed E-state index contributed by atoms with van der Waals surface area (Å²) >= 11 is 0. The molecule has 1 N–H and O–H groups in total. The molecule has 154 valence electrons. The zero-order chi connectivity index (χ0) is 21.6. The maximum absolute atomic E-state index is 13.7. The van der Waals surface area contributed by atoms with Crippen molar-refractivity contribution in [2.75, 3.05) is 16.8 Å². The summed E-state index contributed by atoms with van der Waals surface area (Å²) in [4.78, 5) is 39.2. The van der Waals surface area contributed by atoms with Gasteiger partial charge in [-0.05, 0) is 61.7 Å². The molecule has 9 heteroatoms. The number of halogens is 1. The van der Waals surface area contributed by atoms with E-state index in [4.69, 9.17) is 0 Å². The third kappa shape index (κ3) is 3.32. The predicted octanol–water partition coefficient (Wildman–Crippen LogP) is 2.68. The Bertz CT molecular complexity index is 1100. The number of fused-ring (bicyclic) bond motifs is 1. The first-order valence-electron chi connectivity index (χ1n) is 9.45. The zero-order valence-electron chi connectivity index (χ0n) is 16.7. The van der Waals surface area contributed by atoms with Crippen LogP contribution in [0.5, 0.6) is 0 Å². The molecule has 0 unspecified atom stereocenters. The summed E-state index contributed by atoms with van der Waals surface area (Å²) in [6.45, 7) is 5.17. The van der Waals surface area contributed by atoms with Crippen molar-refractivity contribution in [2.24, 2.45) is 10.3 Å². The lowest BCUT2D eigenvalue weighted by atomic mass is 10.1. The highest BCUT2D eigenvalue weighted by Gasteiger charge is 2.55. The van der Waals surface area contributed by atoms with Crippen molar-refractivity contribution in [3.63, 3.8) is 0 Å². The molecular formula is C21H20FN5O3. The lowest BCUT2D eigenvalue weighted by molar-refractivity contribution is -0.123. The number of hydrogen-bond acceptors (Lipinski definition) is 6. The Balaban J connectivity index is 1.49. The van der Waals surface area contributed by atoms with Crippen LogP contribution in [-0.2, 0) is 14.4 Å². The van der Waals surface area contributed by atoms with Gasteiger partial charge in [-0.2, -0.15) is 5.11 Å². The van der Waals surface area contributed by atoms with E-state index in [9.17, 15) is 18.8 Å². The molecule has 0 aromatic heterocycles. The second kappa shape index (κ2) is 7.33. The van der Waals surface area contributed by atoms with Crippen LogP contribution in [0.4, 0.5) is 15.8 Å². The van der Waals surface area contributed by atoms with Crippen molar-refractivity contribution in [3.8, 4) is 0 Å². The fourth-order valence-corrected chi connectivity index (χ4v) is 3.49. The van der Waals surface area contributed by atoms with Crippen molar-refractivity contribution in [2.45, 2.75) is 32.9 Å². The monoisotopic (exact) mass is 409 g/mol. The summed E-state index contributed by atoms with van der Waals surface area (Å²) in [6.07, 6.45) is 0. The molecule has 2 aromatic carbocycles. The van der Waals surface area contributed by atoms with Crippen molar-refractivity contribution >= 4 is 29.1 Å². The van der Waals surface area contributed by atoms with E-state index < -0.39 is 35.6 Å². The number of imide groups is 1. The molecule has 2 aromatic rings. The summed E-state index contributed by atoms with van der Waals surface area (Å²) in [7, 11) is 0. The molecule has 1 saturated heterocycles. The van der Waals surface area contributed by atoms with Gasteiger partial charge >= 0.3 is 0 Å². The molecule has 30 heavy (non-hydrogen) atoms. The zero-order valence-corrected chi connectivity index (χ0v) is 16.7. The number of hydrogen-bond donors (Lipinski definition) is 1. The molecule has 2 atom stereocenters. The molecule has 3 amide bonds. The van der Waals surface area contributed by atoms with Crippen LogP contribution >= 0.6 is 0 Å². The van der Waals surface area contributed by atoms with Gasteiger partial charge in [0.25, 0.3) is 11.8 Å². The summed E-state index contributed by atoms with van der Waals surface area (Å²) in [5.41, 5.74) is 3.22. The molecule has 0 radical (unpaired) electrons. The second-order valence-corrected chi connectivity index (χ2v) is 7.48. The van der Waals surface area contributed by atoms with Crippen LogP contribution in [0.25, 0.3) is 0 Å². The Morgan fingerprint density at radius 1 is 1.03 bits per heavy atom. The van der Waals surface area contributed by atoms with Crippen molar-refractivity contribution in [1.82, 2.24) is 5.01 Å². The average Bonchev–Trinajstić information content (AvgIpc) is 3.21. The number of amides is 3. The molecule has 2 heterocycles. The summed E-state index contributed by atoms with van der Waals surface area (Å²) in [5, 5.41) is 11.5. The third-order valence-electron chi connectivity index (χ3n) is 5.37. The maximum atomic E-state index is 13.7. The van der Waals surface area contributed by atoms with Crippen molar-refractivity contribution in [3.05, 3.63) is 58.9 Å². The van der Waals surface area contributed by atoms with Crippen molar-refractivity contribution < 1.29 is 18.8 Å². The molecular weight excluding hydrogens is 389 g/mol. The van der Waals surface area contributed by atoms with E-state index in [1.165, 1.54) is 11.1 Å². The van der Waals surface area contributed by atoms with Gasteiger partial charge in [0.15, 0.2) is 12.1 Å². The van der Waals surface area contributed by atoms with Gasteiger partial charge in [0.2, 0.25) is 5.91 Å². The van der Waals surface area contributed by atoms with Gasteiger partial charge in [0, 0.05) is 5.69 Å². The lowest BCUT2D eigenvalue weighted by Crippen LogP contribution is -2.43. The predicted molar refractivity (Wildman–Crippen MR) is 107 cm³/mol. The standard InChI is InChI=1S/C21H20FN5O3/c1-11-5-7-15(8-13(11)3)27-20(29)18-19(21(27)30)26(25-24-18)10-17(28)23-14-6-4-12(2)16(22)9-14/h4-9,18-19H,10H2,1-3H3,(H,23,28)/t18-,19+/m0/s1. The number of carbonyl (C=O) groups is 3. The van der Waals surface area contributed by atoms with Gasteiger partial charge in [-0.25, -0.2) is 9.29 Å². The summed E-state index contributed by atoms with van der Waals surface area (Å²) in [6, 6.07) is 7.71. The van der Waals surface area contributed by atoms with E-state index in [0.29, 0.717) is 16.9 Å². The van der Waals surface area contributed by atoms with E-state index in [-0.39, 0.29) is 6.54 Å². The SMILES string of the molecule is Cc1ccc(N2C(=O)[C@H]3N=NN(CC(=O)Nc4ccc(C)c(F)c4)[C@H]3C2=O)cc1C. The highest BCUT2D eigenvalue weighted by molar-refractivity contribution is 6.25. The fourth-order valence-electron chi connectivity index (χ4n) is 3.49. The average molecular weight is 409 g/mol. The van der Waals surface area contributed by atoms with Crippen LogP contribution in [0, 0.1) is 26.6 Å². The second-order valence-electron chi connectivity index (χ2n) is 7.48. The molecule has 8 nitrogen and oxygen atoms in total. The van der Waals surface area contributed by atoms with E-state index in [1.807, 2.05) is 19.9 Å². The normalized spacial score (nSPS) is 20.1. The number of nitrogens with zero attached hydrogens (tertiary/aromatic N) is 4. The summed E-state index contributed by atoms with van der Waals surface area (Å²) in [5.74, 6) is -1.88. The minimum Gasteiger partial charge on any atom is -0.324 e. The van der Waals surface area contributed by atoms with Crippen LogP contribution in [0.1, 0.15) is 16.7 Å². The van der Waals surface area contributed by atoms with Crippen LogP contribution in [0.3, 0.4) is 0 Å². The number of aryl methyl sites for hydroxylation is 3. The topological polar surface area (TPSA) is 94.4 Å². The lowest BCUT2D eigenvalue weighted by Gasteiger charge is -2.20. The molecule has 0 bridgehead atoms. The van der Waals surface area contributed by atoms with E-state index in [0.717, 1.165) is 16.0 Å². The minimum atomic E-state index is -0.983. The quantitative estimate of drug-likeness (QED) is 0.786. The fraction of sp³-hybridized carbons (Fsp3) is 0.286. The Morgan fingerprint density at radius 3 is 2.47 bits per heavy atom. The molecule has 2 aliphatic rings. The molecule has 0 spiro atoms. The Labute approximate surface area is 172 Å². The number of benzene rings is 2. The van der Waals surface area contributed by atoms with E-state index >= 15 is 0 Å². The summed E-state index contributed by atoms with van der Waals surface area (Å²) < 4.78 is 13.7. The minimum absolute atomic E-state index is 0.292. The third-order valence-corrected chi connectivity index (χ3v) is 5.37. The molecule has 2 aliphatic heterocycles. The van der Waals surface area contributed by atoms with Crippen LogP contribution in [-0.4, -0.2) is 41.4 Å². The van der Waals surface area contributed by atoms with Crippen LogP contribution < -0.4 is 10.2 Å². The molecule has 1 fully saturated rings. The molecule has 0 aliphatic carbocycles. The first-order valence-corrected chi connectivity index (χ1v) is 9.45. The Morgan fingerprint density at radius 2 is 1.77 bits per heavy atom. The van der Waals surface area contributed by atoms with Gasteiger partial charge in [-0.1, -0.05) is 17.4 Å². The number of nitrogens with one attached hydrogen (secondary N) is 1. The molecule has 4 rings (SSSR count). The van der Waals surface area contributed by atoms with Crippen LogP contribution in [0.15, 0.2) is 46.7 Å². The van der Waals surface area contributed by atoms with E-state index in [2.05, 4.69) is 15.7 Å². The van der Waals surface area contributed by atoms with Gasteiger partial charge in [-0.3, -0.25) is 19.4 Å². The first-order chi connectivity index (χ1) is 14.3. The highest BCUT2D eigenvalue weighted by Crippen LogP contribution is 2.32. The van der Waals surface area contributed by atoms with Gasteiger partial charge in [0.05, 0.1) is 5.69 Å². The first kappa shape index (κ1) is 19.7. The van der Waals surface area contributed by atoms with Crippen molar-refractivity contribution in [1.29, 1.82) is 0 Å².